The molecule has 0 saturated heterocycles. The van der Waals surface area contributed by atoms with Crippen LogP contribution in [0.4, 0.5) is 0 Å². The van der Waals surface area contributed by atoms with E-state index in [1.165, 1.54) is 51.4 Å². The van der Waals surface area contributed by atoms with Crippen molar-refractivity contribution in [1.82, 2.24) is 0 Å². The number of nitrogens with two attached hydrogens (primary N) is 1. The molecule has 0 amide bonds. The van der Waals surface area contributed by atoms with Crippen LogP contribution in [-0.4, -0.2) is 22.5 Å². The van der Waals surface area contributed by atoms with Crippen LogP contribution in [0.3, 0.4) is 0 Å². The first-order valence-corrected chi connectivity index (χ1v) is 8.57. The van der Waals surface area contributed by atoms with E-state index in [0.717, 1.165) is 12.8 Å². The van der Waals surface area contributed by atoms with Gasteiger partial charge in [0.1, 0.15) is 5.72 Å². The van der Waals surface area contributed by atoms with E-state index < -0.39 is 5.72 Å². The van der Waals surface area contributed by atoms with Crippen molar-refractivity contribution in [1.29, 1.82) is 0 Å². The van der Waals surface area contributed by atoms with Gasteiger partial charge in [-0.1, -0.05) is 57.3 Å². The van der Waals surface area contributed by atoms with Crippen molar-refractivity contribution in [3.8, 4) is 0 Å². The molecule has 0 unspecified atom stereocenters. The van der Waals surface area contributed by atoms with Gasteiger partial charge in [0.15, 0.2) is 0 Å². The third-order valence-corrected chi connectivity index (χ3v) is 3.53. The molecular weight excluding hydrogens is 262 g/mol. The van der Waals surface area contributed by atoms with Gasteiger partial charge in [0, 0.05) is 13.0 Å². The Bertz CT molecular complexity index is 272. The molecule has 0 aromatic heterocycles. The normalized spacial score (nSPS) is 15.0. The predicted octanol–water partition coefficient (Wildman–Crippen LogP) is 4.05. The van der Waals surface area contributed by atoms with Crippen molar-refractivity contribution in [2.24, 2.45) is 5.73 Å². The van der Waals surface area contributed by atoms with Gasteiger partial charge in [-0.3, -0.25) is 0 Å². The smallest absolute Gasteiger partial charge is 0.134 e. The molecule has 0 radical (unpaired) electrons. The van der Waals surface area contributed by atoms with Crippen molar-refractivity contribution < 1.29 is 10.2 Å². The second-order valence-electron chi connectivity index (χ2n) is 5.83. The molecule has 21 heavy (non-hydrogen) atoms. The number of aliphatic hydroxyl groups excluding tert-OH is 1. The summed E-state index contributed by atoms with van der Waals surface area (Å²) in [5.41, 5.74) is 4.22. The van der Waals surface area contributed by atoms with E-state index in [0.29, 0.717) is 0 Å². The lowest BCUT2D eigenvalue weighted by atomic mass is 10.1. The Labute approximate surface area is 130 Å². The van der Waals surface area contributed by atoms with Gasteiger partial charge in [-0.25, -0.2) is 0 Å². The van der Waals surface area contributed by atoms with Gasteiger partial charge in [-0.05, 0) is 38.2 Å². The van der Waals surface area contributed by atoms with E-state index in [2.05, 4.69) is 19.1 Å². The van der Waals surface area contributed by atoms with Gasteiger partial charge in [-0.2, -0.15) is 0 Å². The summed E-state index contributed by atoms with van der Waals surface area (Å²) in [6, 6.07) is 0. The van der Waals surface area contributed by atoms with Crippen LogP contribution in [0.25, 0.3) is 0 Å². The Kier molecular flexibility index (Phi) is 13.9. The van der Waals surface area contributed by atoms with Crippen molar-refractivity contribution in [3.63, 3.8) is 0 Å². The molecule has 124 valence electrons. The fraction of sp³-hybridized carbons (Fsp3) is 0.778. The first-order valence-electron chi connectivity index (χ1n) is 8.57. The van der Waals surface area contributed by atoms with Crippen LogP contribution in [0.5, 0.6) is 0 Å². The Morgan fingerprint density at radius 2 is 1.38 bits per heavy atom. The SMILES string of the molecule is CCC/C=C\CCCCCCCC/C=C/[C@@](N)(O)CCO. The first kappa shape index (κ1) is 20.4. The van der Waals surface area contributed by atoms with E-state index >= 15 is 0 Å². The number of aliphatic hydroxyl groups is 2. The zero-order valence-corrected chi connectivity index (χ0v) is 13.8. The molecule has 0 aliphatic carbocycles. The highest BCUT2D eigenvalue weighted by atomic mass is 16.3. The Morgan fingerprint density at radius 3 is 1.95 bits per heavy atom. The zero-order chi connectivity index (χ0) is 15.8. The average molecular weight is 297 g/mol. The third kappa shape index (κ3) is 15.6. The molecule has 0 heterocycles. The molecule has 1 atom stereocenters. The fourth-order valence-electron chi connectivity index (χ4n) is 2.18. The van der Waals surface area contributed by atoms with Crippen LogP contribution in [0, 0.1) is 0 Å². The maximum absolute atomic E-state index is 9.62. The molecule has 0 aromatic rings. The highest BCUT2D eigenvalue weighted by molar-refractivity contribution is 4.96. The van der Waals surface area contributed by atoms with E-state index in [1.54, 1.807) is 6.08 Å². The molecular formula is C18H35NO2. The Hall–Kier alpha value is -0.640. The van der Waals surface area contributed by atoms with Gasteiger partial charge in [-0.15, -0.1) is 0 Å². The topological polar surface area (TPSA) is 66.5 Å². The van der Waals surface area contributed by atoms with Gasteiger partial charge in [0.25, 0.3) is 0 Å². The number of hydrogen-bond acceptors (Lipinski definition) is 3. The van der Waals surface area contributed by atoms with Crippen LogP contribution >= 0.6 is 0 Å². The molecule has 3 heteroatoms. The summed E-state index contributed by atoms with van der Waals surface area (Å²) >= 11 is 0. The van der Waals surface area contributed by atoms with Gasteiger partial charge >= 0.3 is 0 Å². The first-order chi connectivity index (χ1) is 10.1. The largest absolute Gasteiger partial charge is 0.396 e. The van der Waals surface area contributed by atoms with E-state index in [4.69, 9.17) is 10.8 Å². The lowest BCUT2D eigenvalue weighted by Gasteiger charge is -2.16. The summed E-state index contributed by atoms with van der Waals surface area (Å²) < 4.78 is 0. The van der Waals surface area contributed by atoms with E-state index in [9.17, 15) is 5.11 Å². The zero-order valence-electron chi connectivity index (χ0n) is 13.8. The Balaban J connectivity index is 3.31. The monoisotopic (exact) mass is 297 g/mol. The highest BCUT2D eigenvalue weighted by Crippen LogP contribution is 2.10. The maximum atomic E-state index is 9.62. The van der Waals surface area contributed by atoms with Gasteiger partial charge in [0.2, 0.25) is 0 Å². The van der Waals surface area contributed by atoms with Crippen molar-refractivity contribution in [3.05, 3.63) is 24.3 Å². The minimum absolute atomic E-state index is 0.0923. The quantitative estimate of drug-likeness (QED) is 0.257. The van der Waals surface area contributed by atoms with Crippen LogP contribution < -0.4 is 5.73 Å². The molecule has 0 aliphatic rings. The molecule has 0 fully saturated rings. The van der Waals surface area contributed by atoms with Crippen LogP contribution in [0.15, 0.2) is 24.3 Å². The highest BCUT2D eigenvalue weighted by Gasteiger charge is 2.14. The molecule has 0 aliphatic heterocycles. The number of unbranched alkanes of at least 4 members (excludes halogenated alkanes) is 8. The average Bonchev–Trinajstić information content (AvgIpc) is 2.44. The molecule has 0 bridgehead atoms. The second kappa shape index (κ2) is 14.3. The predicted molar refractivity (Wildman–Crippen MR) is 91.0 cm³/mol. The number of rotatable bonds is 14. The third-order valence-electron chi connectivity index (χ3n) is 3.53. The number of allylic oxidation sites excluding steroid dienone is 3. The summed E-state index contributed by atoms with van der Waals surface area (Å²) in [7, 11) is 0. The fourth-order valence-corrected chi connectivity index (χ4v) is 2.18. The molecule has 0 aromatic carbocycles. The summed E-state index contributed by atoms with van der Waals surface area (Å²) in [6.45, 7) is 2.12. The maximum Gasteiger partial charge on any atom is 0.134 e. The van der Waals surface area contributed by atoms with Crippen molar-refractivity contribution >= 4 is 0 Å². The van der Waals surface area contributed by atoms with Crippen LogP contribution in [-0.2, 0) is 0 Å². The van der Waals surface area contributed by atoms with E-state index in [-0.39, 0.29) is 13.0 Å². The van der Waals surface area contributed by atoms with Crippen molar-refractivity contribution in [2.45, 2.75) is 83.3 Å². The summed E-state index contributed by atoms with van der Waals surface area (Å²) in [5.74, 6) is 0. The van der Waals surface area contributed by atoms with Crippen LogP contribution in [0.1, 0.15) is 77.6 Å². The summed E-state index contributed by atoms with van der Waals surface area (Å²) in [5, 5.41) is 18.3. The summed E-state index contributed by atoms with van der Waals surface area (Å²) in [4.78, 5) is 0. The van der Waals surface area contributed by atoms with Gasteiger partial charge in [0.05, 0.1) is 0 Å². The van der Waals surface area contributed by atoms with Crippen LogP contribution in [0.2, 0.25) is 0 Å². The molecule has 0 rings (SSSR count). The van der Waals surface area contributed by atoms with Crippen molar-refractivity contribution in [2.75, 3.05) is 6.61 Å². The molecule has 0 saturated carbocycles. The Morgan fingerprint density at radius 1 is 0.857 bits per heavy atom. The molecule has 4 N–H and O–H groups in total. The molecule has 3 nitrogen and oxygen atoms in total. The lowest BCUT2D eigenvalue weighted by Crippen LogP contribution is -2.38. The van der Waals surface area contributed by atoms with Gasteiger partial charge < -0.3 is 15.9 Å². The second-order valence-corrected chi connectivity index (χ2v) is 5.83. The minimum Gasteiger partial charge on any atom is -0.396 e. The van der Waals surface area contributed by atoms with E-state index in [1.807, 2.05) is 6.08 Å². The standard InChI is InChI=1S/C18H35NO2/c1-2-3-4-5-6-7-8-9-10-11-12-13-14-15-18(19,21)16-17-20/h4-5,14-15,20-21H,2-3,6-13,16-17,19H2,1H3/b5-4-,15-14+/t18-/m1/s1. The molecule has 0 spiro atoms. The summed E-state index contributed by atoms with van der Waals surface area (Å²) in [6.07, 6.45) is 20.6. The minimum atomic E-state index is -1.35. The number of hydrogen-bond donors (Lipinski definition) is 3. The lowest BCUT2D eigenvalue weighted by molar-refractivity contribution is 0.0670.